The molecule has 4 aromatic rings. The maximum absolute atomic E-state index is 12.4. The Morgan fingerprint density at radius 2 is 1.95 bits per heavy atom. The van der Waals surface area contributed by atoms with E-state index in [1.807, 2.05) is 24.4 Å². The van der Waals surface area contributed by atoms with Crippen molar-refractivity contribution in [3.63, 3.8) is 0 Å². The number of hydroxylamine groups is 1. The molecule has 0 radical (unpaired) electrons. The van der Waals surface area contributed by atoms with Gasteiger partial charge in [-0.1, -0.05) is 36.4 Å². The fourth-order valence-electron chi connectivity index (χ4n) is 5.38. The van der Waals surface area contributed by atoms with Crippen LogP contribution in [0.3, 0.4) is 0 Å². The number of hydrogen-bond acceptors (Lipinski definition) is 4. The zero-order chi connectivity index (χ0) is 26.6. The van der Waals surface area contributed by atoms with E-state index in [0.717, 1.165) is 49.0 Å². The number of amides is 2. The van der Waals surface area contributed by atoms with Crippen LogP contribution in [0, 0.1) is 0 Å². The number of carbonyl (C=O) groups excluding carboxylic acids is 2. The standard InChI is InChI=1S/C30H33N5O3/c1-34(2)30(37)27-16-21(17-31-27)19-35(14-13-23-18-32-26-6-4-3-5-24(23)26)28-11-9-22-15-20(7-10-25(22)28)8-12-29(36)33-38/h3-8,10,12,15-18,28,31-32,38H,9,11,13-14,19H2,1-2H3,(H,33,36)/b12-8+. The first-order valence-electron chi connectivity index (χ1n) is 12.9. The van der Waals surface area contributed by atoms with Crippen LogP contribution >= 0.6 is 0 Å². The minimum Gasteiger partial charge on any atom is -0.361 e. The van der Waals surface area contributed by atoms with E-state index in [-0.39, 0.29) is 11.9 Å². The maximum Gasteiger partial charge on any atom is 0.269 e. The first-order valence-corrected chi connectivity index (χ1v) is 12.9. The van der Waals surface area contributed by atoms with Crippen molar-refractivity contribution in [2.24, 2.45) is 0 Å². The van der Waals surface area contributed by atoms with Crippen molar-refractivity contribution in [3.05, 3.63) is 101 Å². The molecule has 2 aromatic heterocycles. The van der Waals surface area contributed by atoms with Crippen molar-refractivity contribution >= 4 is 28.8 Å². The van der Waals surface area contributed by atoms with Crippen molar-refractivity contribution < 1.29 is 14.8 Å². The summed E-state index contributed by atoms with van der Waals surface area (Å²) < 4.78 is 0. The topological polar surface area (TPSA) is 104 Å². The van der Waals surface area contributed by atoms with Gasteiger partial charge in [0.15, 0.2) is 0 Å². The molecule has 1 unspecified atom stereocenters. The molecule has 0 saturated carbocycles. The van der Waals surface area contributed by atoms with Crippen LogP contribution in [0.5, 0.6) is 0 Å². The van der Waals surface area contributed by atoms with Crippen LogP contribution in [0.2, 0.25) is 0 Å². The van der Waals surface area contributed by atoms with Gasteiger partial charge in [0.1, 0.15) is 5.69 Å². The van der Waals surface area contributed by atoms with E-state index in [2.05, 4.69) is 51.4 Å². The van der Waals surface area contributed by atoms with E-state index < -0.39 is 5.91 Å². The van der Waals surface area contributed by atoms with Gasteiger partial charge in [-0.15, -0.1) is 0 Å². The van der Waals surface area contributed by atoms with E-state index in [0.29, 0.717) is 5.69 Å². The SMILES string of the molecule is CN(C)C(=O)c1cc(CN(CCc2c[nH]c3ccccc23)C2CCc3cc(/C=C/C(=O)NO)ccc32)c[nH]1. The van der Waals surface area contributed by atoms with Gasteiger partial charge in [0.25, 0.3) is 11.8 Å². The number of nitrogens with one attached hydrogen (secondary N) is 3. The number of fused-ring (bicyclic) bond motifs is 2. The Balaban J connectivity index is 1.40. The van der Waals surface area contributed by atoms with E-state index in [1.165, 1.54) is 28.2 Å². The summed E-state index contributed by atoms with van der Waals surface area (Å²) in [6, 6.07) is 16.9. The number of aromatic nitrogens is 2. The van der Waals surface area contributed by atoms with Crippen LogP contribution in [0.1, 0.15) is 50.8 Å². The second-order valence-corrected chi connectivity index (χ2v) is 10.0. The number of benzene rings is 2. The number of H-pyrrole nitrogens is 2. The summed E-state index contributed by atoms with van der Waals surface area (Å²) in [5.74, 6) is -0.589. The molecule has 0 spiro atoms. The van der Waals surface area contributed by atoms with Crippen LogP contribution in [0.15, 0.2) is 67.0 Å². The number of aromatic amines is 2. The van der Waals surface area contributed by atoms with Gasteiger partial charge in [0.05, 0.1) is 0 Å². The Labute approximate surface area is 221 Å². The average Bonchev–Trinajstić information content (AvgIpc) is 3.67. The van der Waals surface area contributed by atoms with Crippen molar-refractivity contribution in [3.8, 4) is 0 Å². The molecule has 0 fully saturated rings. The number of hydrogen-bond donors (Lipinski definition) is 4. The summed E-state index contributed by atoms with van der Waals surface area (Å²) in [6.45, 7) is 1.59. The van der Waals surface area contributed by atoms with Gasteiger partial charge >= 0.3 is 0 Å². The summed E-state index contributed by atoms with van der Waals surface area (Å²) in [5.41, 5.74) is 9.24. The molecule has 5 rings (SSSR count). The number of carbonyl (C=O) groups is 2. The average molecular weight is 512 g/mol. The number of para-hydroxylation sites is 1. The molecule has 1 aliphatic rings. The summed E-state index contributed by atoms with van der Waals surface area (Å²) in [7, 11) is 3.51. The molecule has 0 saturated heterocycles. The van der Waals surface area contributed by atoms with Crippen molar-refractivity contribution in [2.45, 2.75) is 31.8 Å². The van der Waals surface area contributed by atoms with E-state index in [9.17, 15) is 9.59 Å². The quantitative estimate of drug-likeness (QED) is 0.151. The molecule has 0 bridgehead atoms. The van der Waals surface area contributed by atoms with Gasteiger partial charge in [-0.25, -0.2) is 5.48 Å². The molecule has 2 heterocycles. The van der Waals surface area contributed by atoms with Gasteiger partial charge in [0.2, 0.25) is 0 Å². The zero-order valence-electron chi connectivity index (χ0n) is 21.7. The second kappa shape index (κ2) is 11.1. The van der Waals surface area contributed by atoms with Crippen molar-refractivity contribution in [1.29, 1.82) is 0 Å². The molecule has 4 N–H and O–H groups in total. The fourth-order valence-corrected chi connectivity index (χ4v) is 5.38. The molecular formula is C30H33N5O3. The highest BCUT2D eigenvalue weighted by molar-refractivity contribution is 5.92. The minimum absolute atomic E-state index is 0.0386. The summed E-state index contributed by atoms with van der Waals surface area (Å²) in [5, 5.41) is 9.99. The van der Waals surface area contributed by atoms with E-state index in [4.69, 9.17) is 5.21 Å². The Morgan fingerprint density at radius 3 is 2.76 bits per heavy atom. The normalized spacial score (nSPS) is 14.9. The number of rotatable bonds is 9. The highest BCUT2D eigenvalue weighted by atomic mass is 16.5. The molecule has 38 heavy (non-hydrogen) atoms. The van der Waals surface area contributed by atoms with Crippen LogP contribution in [-0.4, -0.2) is 57.4 Å². The van der Waals surface area contributed by atoms with Crippen LogP contribution in [0.25, 0.3) is 17.0 Å². The third-order valence-electron chi connectivity index (χ3n) is 7.30. The van der Waals surface area contributed by atoms with Gasteiger partial charge in [-0.05, 0) is 65.3 Å². The van der Waals surface area contributed by atoms with Crippen LogP contribution < -0.4 is 5.48 Å². The third kappa shape index (κ3) is 5.41. The zero-order valence-corrected chi connectivity index (χ0v) is 21.7. The number of aryl methyl sites for hydroxylation is 1. The third-order valence-corrected chi connectivity index (χ3v) is 7.30. The number of nitrogens with zero attached hydrogens (tertiary/aromatic N) is 2. The molecule has 1 atom stereocenters. The minimum atomic E-state index is -0.551. The molecule has 2 aromatic carbocycles. The van der Waals surface area contributed by atoms with Crippen molar-refractivity contribution in [2.75, 3.05) is 20.6 Å². The first-order chi connectivity index (χ1) is 18.4. The summed E-state index contributed by atoms with van der Waals surface area (Å²) in [4.78, 5) is 34.5. The Kier molecular flexibility index (Phi) is 7.44. The molecule has 2 amide bonds. The maximum atomic E-state index is 12.4. The van der Waals surface area contributed by atoms with E-state index >= 15 is 0 Å². The smallest absolute Gasteiger partial charge is 0.269 e. The summed E-state index contributed by atoms with van der Waals surface area (Å²) in [6.07, 6.45) is 9.93. The molecule has 196 valence electrons. The van der Waals surface area contributed by atoms with Crippen LogP contribution in [0.4, 0.5) is 0 Å². The Hall–Kier alpha value is -4.14. The fraction of sp³-hybridized carbons (Fsp3) is 0.267. The molecule has 1 aliphatic carbocycles. The lowest BCUT2D eigenvalue weighted by molar-refractivity contribution is -0.124. The lowest BCUT2D eigenvalue weighted by Gasteiger charge is -2.29. The Morgan fingerprint density at radius 1 is 1.11 bits per heavy atom. The van der Waals surface area contributed by atoms with Gasteiger partial charge in [-0.3, -0.25) is 19.7 Å². The summed E-state index contributed by atoms with van der Waals surface area (Å²) >= 11 is 0. The molecule has 8 nitrogen and oxygen atoms in total. The van der Waals surface area contributed by atoms with Gasteiger partial charge < -0.3 is 14.9 Å². The highest BCUT2D eigenvalue weighted by Gasteiger charge is 2.28. The van der Waals surface area contributed by atoms with Gasteiger partial charge in [0, 0.05) is 62.6 Å². The predicted octanol–water partition coefficient (Wildman–Crippen LogP) is 4.45. The van der Waals surface area contributed by atoms with Crippen molar-refractivity contribution in [1.82, 2.24) is 25.2 Å². The highest BCUT2D eigenvalue weighted by Crippen LogP contribution is 2.37. The second-order valence-electron chi connectivity index (χ2n) is 10.0. The Bertz CT molecular complexity index is 1480. The first kappa shape index (κ1) is 25.5. The van der Waals surface area contributed by atoms with Gasteiger partial charge in [-0.2, -0.15) is 0 Å². The largest absolute Gasteiger partial charge is 0.361 e. The monoisotopic (exact) mass is 511 g/mol. The molecular weight excluding hydrogens is 478 g/mol. The molecule has 8 heteroatoms. The lowest BCUT2D eigenvalue weighted by atomic mass is 10.0. The van der Waals surface area contributed by atoms with Crippen LogP contribution in [-0.2, 0) is 24.2 Å². The molecule has 0 aliphatic heterocycles. The lowest BCUT2D eigenvalue weighted by Crippen LogP contribution is -2.29. The van der Waals surface area contributed by atoms with E-state index in [1.54, 1.807) is 30.6 Å². The predicted molar refractivity (Wildman–Crippen MR) is 148 cm³/mol.